The summed E-state index contributed by atoms with van der Waals surface area (Å²) in [6.45, 7) is 5.07. The number of fused-ring (bicyclic) bond motifs is 1. The molecular formula is C23H29F3N6O. The van der Waals surface area contributed by atoms with Gasteiger partial charge in [0, 0.05) is 57.1 Å². The molecule has 2 aromatic rings. The number of piperazine rings is 1. The van der Waals surface area contributed by atoms with Gasteiger partial charge < -0.3 is 20.4 Å². The fraction of sp³-hybridized carbons (Fsp3) is 0.522. The van der Waals surface area contributed by atoms with Crippen molar-refractivity contribution in [1.29, 1.82) is 0 Å². The number of carbonyl (C=O) groups excluding carboxylic acids is 1. The molecule has 0 spiro atoms. The Bertz CT molecular complexity index is 990. The van der Waals surface area contributed by atoms with E-state index in [1.807, 2.05) is 0 Å². The van der Waals surface area contributed by atoms with Crippen molar-refractivity contribution < 1.29 is 18.0 Å². The maximum atomic E-state index is 13.2. The van der Waals surface area contributed by atoms with E-state index in [0.29, 0.717) is 37.7 Å². The summed E-state index contributed by atoms with van der Waals surface area (Å²) >= 11 is 0. The summed E-state index contributed by atoms with van der Waals surface area (Å²) in [6, 6.07) is 4.87. The van der Waals surface area contributed by atoms with E-state index in [2.05, 4.69) is 21.8 Å². The lowest BCUT2D eigenvalue weighted by Gasteiger charge is -2.38. The average Bonchev–Trinajstić information content (AvgIpc) is 3.19. The van der Waals surface area contributed by atoms with Crippen LogP contribution in [0.1, 0.15) is 41.6 Å². The predicted octanol–water partition coefficient (Wildman–Crippen LogP) is 3.25. The summed E-state index contributed by atoms with van der Waals surface area (Å²) in [5.74, 6) is 1.38. The third-order valence-electron chi connectivity index (χ3n) is 6.40. The van der Waals surface area contributed by atoms with Gasteiger partial charge in [-0.15, -0.1) is 0 Å². The number of benzene rings is 1. The van der Waals surface area contributed by atoms with Gasteiger partial charge in [0.05, 0.1) is 5.56 Å². The molecule has 0 unspecified atom stereocenters. The maximum absolute atomic E-state index is 13.2. The molecule has 1 aliphatic heterocycles. The highest BCUT2D eigenvalue weighted by Crippen LogP contribution is 2.37. The number of hydrogen-bond donors (Lipinski definition) is 1. The number of hydrogen-bond acceptors (Lipinski definition) is 5. The van der Waals surface area contributed by atoms with Crippen molar-refractivity contribution in [3.63, 3.8) is 0 Å². The molecule has 1 aromatic heterocycles. The molecule has 33 heavy (non-hydrogen) atoms. The average molecular weight is 463 g/mol. The van der Waals surface area contributed by atoms with Crippen LogP contribution in [-0.4, -0.2) is 65.1 Å². The Morgan fingerprint density at radius 1 is 1.21 bits per heavy atom. The Hall–Kier alpha value is -2.88. The lowest BCUT2D eigenvalue weighted by Crippen LogP contribution is -2.53. The molecular weight excluding hydrogens is 433 g/mol. The van der Waals surface area contributed by atoms with Crippen LogP contribution in [0.3, 0.4) is 0 Å². The molecule has 1 saturated heterocycles. The quantitative estimate of drug-likeness (QED) is 0.738. The van der Waals surface area contributed by atoms with E-state index in [4.69, 9.17) is 5.73 Å². The van der Waals surface area contributed by atoms with Gasteiger partial charge >= 0.3 is 12.2 Å². The van der Waals surface area contributed by atoms with Crippen molar-refractivity contribution in [2.24, 2.45) is 5.73 Å². The topological polar surface area (TPSA) is 78.6 Å². The first kappa shape index (κ1) is 23.3. The summed E-state index contributed by atoms with van der Waals surface area (Å²) < 4.78 is 39.2. The molecule has 1 aromatic carbocycles. The van der Waals surface area contributed by atoms with Crippen LogP contribution >= 0.6 is 0 Å². The second-order valence-electron chi connectivity index (χ2n) is 8.66. The number of alkyl halides is 3. The number of amides is 2. The van der Waals surface area contributed by atoms with Gasteiger partial charge in [-0.25, -0.2) is 14.8 Å². The second kappa shape index (κ2) is 9.54. The van der Waals surface area contributed by atoms with Crippen LogP contribution in [0.2, 0.25) is 0 Å². The minimum absolute atomic E-state index is 0.0805. The standard InChI is InChI=1S/C23H29F3N6O/c1-16-5-6-19-20(16)21(29-15-28-19)30-9-11-31(12-10-30)22(33)32(8-7-27)14-17-3-2-4-18(13-17)23(24,25)26/h2-4,13,15-16H,5-12,14,27H2,1H3/t16-/m1/s1. The van der Waals surface area contributed by atoms with Crippen LogP contribution in [0.15, 0.2) is 30.6 Å². The van der Waals surface area contributed by atoms with Crippen LogP contribution in [0.5, 0.6) is 0 Å². The third kappa shape index (κ3) is 5.05. The van der Waals surface area contributed by atoms with Gasteiger partial charge in [-0.3, -0.25) is 0 Å². The Labute approximate surface area is 191 Å². The molecule has 0 radical (unpaired) electrons. The van der Waals surface area contributed by atoms with Gasteiger partial charge in [0.25, 0.3) is 0 Å². The highest BCUT2D eigenvalue weighted by atomic mass is 19.4. The number of carbonyl (C=O) groups is 1. The van der Waals surface area contributed by atoms with Crippen LogP contribution in [0.25, 0.3) is 0 Å². The number of aryl methyl sites for hydroxylation is 1. The monoisotopic (exact) mass is 462 g/mol. The molecule has 1 aliphatic carbocycles. The first-order valence-electron chi connectivity index (χ1n) is 11.3. The van der Waals surface area contributed by atoms with Crippen molar-refractivity contribution >= 4 is 11.8 Å². The Kier molecular flexibility index (Phi) is 6.73. The number of halogens is 3. The fourth-order valence-corrected chi connectivity index (χ4v) is 4.65. The number of nitrogens with two attached hydrogens (primary N) is 1. The number of aromatic nitrogens is 2. The van der Waals surface area contributed by atoms with E-state index in [1.54, 1.807) is 17.3 Å². The molecule has 0 saturated carbocycles. The van der Waals surface area contributed by atoms with E-state index in [1.165, 1.54) is 16.5 Å². The lowest BCUT2D eigenvalue weighted by molar-refractivity contribution is -0.137. The Balaban J connectivity index is 1.42. The van der Waals surface area contributed by atoms with Crippen LogP contribution in [0.4, 0.5) is 23.8 Å². The Morgan fingerprint density at radius 2 is 1.97 bits per heavy atom. The maximum Gasteiger partial charge on any atom is 0.416 e. The highest BCUT2D eigenvalue weighted by molar-refractivity contribution is 5.75. The first-order valence-corrected chi connectivity index (χ1v) is 11.3. The molecule has 2 heterocycles. The lowest BCUT2D eigenvalue weighted by atomic mass is 10.1. The second-order valence-corrected chi connectivity index (χ2v) is 8.66. The van der Waals surface area contributed by atoms with Crippen molar-refractivity contribution in [2.75, 3.05) is 44.2 Å². The number of rotatable bonds is 5. The van der Waals surface area contributed by atoms with E-state index in [0.717, 1.165) is 36.5 Å². The molecule has 7 nitrogen and oxygen atoms in total. The highest BCUT2D eigenvalue weighted by Gasteiger charge is 2.32. The van der Waals surface area contributed by atoms with Crippen LogP contribution in [0, 0.1) is 0 Å². The van der Waals surface area contributed by atoms with Crippen molar-refractivity contribution in [3.8, 4) is 0 Å². The van der Waals surface area contributed by atoms with Crippen molar-refractivity contribution in [2.45, 2.75) is 38.4 Å². The third-order valence-corrected chi connectivity index (χ3v) is 6.40. The van der Waals surface area contributed by atoms with Gasteiger partial charge in [-0.1, -0.05) is 19.1 Å². The summed E-state index contributed by atoms with van der Waals surface area (Å²) in [7, 11) is 0. The summed E-state index contributed by atoms with van der Waals surface area (Å²) in [4.78, 5) is 27.6. The normalized spacial score (nSPS) is 18.4. The summed E-state index contributed by atoms with van der Waals surface area (Å²) in [5, 5.41) is 0. The summed E-state index contributed by atoms with van der Waals surface area (Å²) in [6.07, 6.45) is -0.771. The zero-order valence-electron chi connectivity index (χ0n) is 18.7. The van der Waals surface area contributed by atoms with E-state index in [9.17, 15) is 18.0 Å². The number of anilines is 1. The molecule has 0 bridgehead atoms. The predicted molar refractivity (Wildman–Crippen MR) is 119 cm³/mol. The molecule has 4 rings (SSSR count). The van der Waals surface area contributed by atoms with E-state index >= 15 is 0 Å². The number of urea groups is 1. The first-order chi connectivity index (χ1) is 15.8. The van der Waals surface area contributed by atoms with Crippen LogP contribution in [-0.2, 0) is 19.1 Å². The van der Waals surface area contributed by atoms with Gasteiger partial charge in [0.2, 0.25) is 0 Å². The van der Waals surface area contributed by atoms with Crippen molar-refractivity contribution in [3.05, 3.63) is 53.0 Å². The molecule has 1 atom stereocenters. The molecule has 178 valence electrons. The van der Waals surface area contributed by atoms with Crippen molar-refractivity contribution in [1.82, 2.24) is 19.8 Å². The molecule has 10 heteroatoms. The van der Waals surface area contributed by atoms with Gasteiger partial charge in [0.15, 0.2) is 0 Å². The number of nitrogens with zero attached hydrogens (tertiary/aromatic N) is 5. The van der Waals surface area contributed by atoms with Gasteiger partial charge in [0.1, 0.15) is 12.1 Å². The minimum atomic E-state index is -4.42. The fourth-order valence-electron chi connectivity index (χ4n) is 4.65. The van der Waals surface area contributed by atoms with Crippen LogP contribution < -0.4 is 10.6 Å². The molecule has 1 fully saturated rings. The zero-order valence-corrected chi connectivity index (χ0v) is 18.7. The van der Waals surface area contributed by atoms with Gasteiger partial charge in [-0.05, 0) is 36.5 Å². The van der Waals surface area contributed by atoms with Gasteiger partial charge in [-0.2, -0.15) is 13.2 Å². The van der Waals surface area contributed by atoms with E-state index < -0.39 is 11.7 Å². The smallest absolute Gasteiger partial charge is 0.353 e. The minimum Gasteiger partial charge on any atom is -0.353 e. The molecule has 2 aliphatic rings. The van der Waals surface area contributed by atoms with E-state index in [-0.39, 0.29) is 25.7 Å². The zero-order chi connectivity index (χ0) is 23.6. The summed E-state index contributed by atoms with van der Waals surface area (Å²) in [5.41, 5.74) is 7.73. The SMILES string of the molecule is C[C@@H]1CCc2ncnc(N3CCN(C(=O)N(CCN)Cc4cccc(C(F)(F)F)c4)CC3)c21. The largest absolute Gasteiger partial charge is 0.416 e. The molecule has 2 amide bonds. The molecule has 2 N–H and O–H groups in total. The Morgan fingerprint density at radius 3 is 2.67 bits per heavy atom.